The third-order valence-electron chi connectivity index (χ3n) is 2.92. The highest BCUT2D eigenvalue weighted by Crippen LogP contribution is 2.13. The predicted molar refractivity (Wildman–Crippen MR) is 66.3 cm³/mol. The maximum Gasteiger partial charge on any atom is 0.0363 e. The Morgan fingerprint density at radius 1 is 1.33 bits per heavy atom. The molecule has 0 amide bonds. The monoisotopic (exact) mass is 232 g/mol. The largest absolute Gasteiger partial charge is 0.330 e. The van der Waals surface area contributed by atoms with Crippen molar-refractivity contribution in [2.24, 2.45) is 17.6 Å². The summed E-state index contributed by atoms with van der Waals surface area (Å²) in [6, 6.07) is 0. The summed E-state index contributed by atoms with van der Waals surface area (Å²) in [6.07, 6.45) is 1.20. The minimum atomic E-state index is -0.561. The van der Waals surface area contributed by atoms with Crippen LogP contribution in [-0.2, 0) is 10.8 Å². The van der Waals surface area contributed by atoms with Crippen LogP contribution >= 0.6 is 0 Å². The lowest BCUT2D eigenvalue weighted by Crippen LogP contribution is -2.42. The Labute approximate surface area is 95.9 Å². The summed E-state index contributed by atoms with van der Waals surface area (Å²) in [4.78, 5) is 2.42. The molecule has 0 saturated carbocycles. The molecule has 1 heterocycles. The van der Waals surface area contributed by atoms with Gasteiger partial charge in [-0.1, -0.05) is 13.8 Å². The molecule has 0 aromatic rings. The molecule has 2 N–H and O–H groups in total. The fourth-order valence-electron chi connectivity index (χ4n) is 2.14. The number of rotatable bonds is 5. The lowest BCUT2D eigenvalue weighted by Gasteiger charge is -2.30. The van der Waals surface area contributed by atoms with Crippen molar-refractivity contribution in [3.63, 3.8) is 0 Å². The van der Waals surface area contributed by atoms with Crippen LogP contribution in [0.25, 0.3) is 0 Å². The van der Waals surface area contributed by atoms with Gasteiger partial charge in [0.1, 0.15) is 0 Å². The number of nitrogens with two attached hydrogens (primary N) is 1. The van der Waals surface area contributed by atoms with Crippen molar-refractivity contribution in [2.75, 3.05) is 37.7 Å². The van der Waals surface area contributed by atoms with E-state index in [0.717, 1.165) is 43.6 Å². The summed E-state index contributed by atoms with van der Waals surface area (Å²) in [7, 11) is -0.561. The SMILES string of the molecule is CC(C)CC(CN)CN1CCS(=O)CC1. The first-order valence-corrected chi connectivity index (χ1v) is 7.38. The second kappa shape index (κ2) is 6.61. The van der Waals surface area contributed by atoms with Crippen molar-refractivity contribution in [1.29, 1.82) is 0 Å². The third-order valence-corrected chi connectivity index (χ3v) is 4.20. The molecule has 15 heavy (non-hydrogen) atoms. The van der Waals surface area contributed by atoms with E-state index in [1.807, 2.05) is 0 Å². The van der Waals surface area contributed by atoms with Crippen molar-refractivity contribution >= 4 is 10.8 Å². The van der Waals surface area contributed by atoms with E-state index in [-0.39, 0.29) is 0 Å². The average molecular weight is 232 g/mol. The molecule has 1 fully saturated rings. The molecule has 4 heteroatoms. The van der Waals surface area contributed by atoms with E-state index < -0.39 is 10.8 Å². The Hall–Kier alpha value is 0.0700. The Morgan fingerprint density at radius 2 is 1.93 bits per heavy atom. The van der Waals surface area contributed by atoms with Gasteiger partial charge in [-0.15, -0.1) is 0 Å². The maximum atomic E-state index is 11.2. The van der Waals surface area contributed by atoms with Gasteiger partial charge in [-0.05, 0) is 24.8 Å². The molecular weight excluding hydrogens is 208 g/mol. The second-order valence-electron chi connectivity index (χ2n) is 4.88. The molecule has 1 rings (SSSR count). The zero-order valence-electron chi connectivity index (χ0n) is 9.95. The van der Waals surface area contributed by atoms with Gasteiger partial charge in [-0.3, -0.25) is 4.21 Å². The Balaban J connectivity index is 2.28. The first-order chi connectivity index (χ1) is 7.11. The van der Waals surface area contributed by atoms with E-state index in [2.05, 4.69) is 18.7 Å². The van der Waals surface area contributed by atoms with Gasteiger partial charge in [0.2, 0.25) is 0 Å². The summed E-state index contributed by atoms with van der Waals surface area (Å²) < 4.78 is 11.2. The van der Waals surface area contributed by atoms with Crippen LogP contribution in [0, 0.1) is 11.8 Å². The fraction of sp³-hybridized carbons (Fsp3) is 1.00. The van der Waals surface area contributed by atoms with Gasteiger partial charge in [0.15, 0.2) is 0 Å². The molecule has 1 atom stereocenters. The molecule has 1 saturated heterocycles. The van der Waals surface area contributed by atoms with Crippen LogP contribution in [0.5, 0.6) is 0 Å². The van der Waals surface area contributed by atoms with Gasteiger partial charge in [0, 0.05) is 41.9 Å². The molecule has 0 aromatic carbocycles. The Kier molecular flexibility index (Phi) is 5.79. The Bertz CT molecular complexity index is 199. The number of hydrogen-bond acceptors (Lipinski definition) is 3. The van der Waals surface area contributed by atoms with Crippen molar-refractivity contribution in [2.45, 2.75) is 20.3 Å². The summed E-state index contributed by atoms with van der Waals surface area (Å²) in [5.74, 6) is 3.02. The topological polar surface area (TPSA) is 46.3 Å². The molecule has 90 valence electrons. The number of hydrogen-bond donors (Lipinski definition) is 1. The zero-order chi connectivity index (χ0) is 11.3. The maximum absolute atomic E-state index is 11.2. The third kappa shape index (κ3) is 5.09. The van der Waals surface area contributed by atoms with Gasteiger partial charge in [-0.25, -0.2) is 0 Å². The molecule has 3 nitrogen and oxygen atoms in total. The predicted octanol–water partition coefficient (Wildman–Crippen LogP) is 0.672. The average Bonchev–Trinajstić information content (AvgIpc) is 2.19. The van der Waals surface area contributed by atoms with Crippen LogP contribution in [0.1, 0.15) is 20.3 Å². The van der Waals surface area contributed by atoms with E-state index in [9.17, 15) is 4.21 Å². The van der Waals surface area contributed by atoms with E-state index in [1.54, 1.807) is 0 Å². The lowest BCUT2D eigenvalue weighted by atomic mass is 9.96. The first-order valence-electron chi connectivity index (χ1n) is 5.89. The van der Waals surface area contributed by atoms with Crippen molar-refractivity contribution in [3.8, 4) is 0 Å². The molecule has 0 bridgehead atoms. The van der Waals surface area contributed by atoms with Crippen LogP contribution < -0.4 is 5.73 Å². The molecule has 1 aliphatic heterocycles. The standard InChI is InChI=1S/C11H24N2OS/c1-10(2)7-11(8-12)9-13-3-5-15(14)6-4-13/h10-11H,3-9,12H2,1-2H3. The van der Waals surface area contributed by atoms with Crippen molar-refractivity contribution < 1.29 is 4.21 Å². The highest BCUT2D eigenvalue weighted by molar-refractivity contribution is 7.85. The molecule has 0 aromatic heterocycles. The summed E-state index contributed by atoms with van der Waals surface area (Å²) in [5, 5.41) is 0. The zero-order valence-corrected chi connectivity index (χ0v) is 10.8. The van der Waals surface area contributed by atoms with Crippen LogP contribution in [0.3, 0.4) is 0 Å². The van der Waals surface area contributed by atoms with Crippen LogP contribution in [0.15, 0.2) is 0 Å². The van der Waals surface area contributed by atoms with Gasteiger partial charge in [0.25, 0.3) is 0 Å². The van der Waals surface area contributed by atoms with Crippen LogP contribution in [0.4, 0.5) is 0 Å². The highest BCUT2D eigenvalue weighted by atomic mass is 32.2. The minimum absolute atomic E-state index is 0.561. The quantitative estimate of drug-likeness (QED) is 0.758. The van der Waals surface area contributed by atoms with E-state index in [0.29, 0.717) is 5.92 Å². The van der Waals surface area contributed by atoms with Gasteiger partial charge in [0.05, 0.1) is 0 Å². The smallest absolute Gasteiger partial charge is 0.0363 e. The van der Waals surface area contributed by atoms with Gasteiger partial charge < -0.3 is 10.6 Å². The molecule has 0 spiro atoms. The lowest BCUT2D eigenvalue weighted by molar-refractivity contribution is 0.233. The highest BCUT2D eigenvalue weighted by Gasteiger charge is 2.18. The van der Waals surface area contributed by atoms with E-state index in [4.69, 9.17) is 5.73 Å². The second-order valence-corrected chi connectivity index (χ2v) is 6.58. The number of nitrogens with zero attached hydrogens (tertiary/aromatic N) is 1. The van der Waals surface area contributed by atoms with E-state index in [1.165, 1.54) is 6.42 Å². The molecular formula is C11H24N2OS. The molecule has 0 aliphatic carbocycles. The summed E-state index contributed by atoms with van der Waals surface area (Å²) in [5.41, 5.74) is 5.78. The van der Waals surface area contributed by atoms with Crippen molar-refractivity contribution in [3.05, 3.63) is 0 Å². The minimum Gasteiger partial charge on any atom is -0.330 e. The summed E-state index contributed by atoms with van der Waals surface area (Å²) >= 11 is 0. The molecule has 1 unspecified atom stereocenters. The fourth-order valence-corrected chi connectivity index (χ4v) is 3.26. The van der Waals surface area contributed by atoms with Crippen LogP contribution in [-0.4, -0.2) is 46.8 Å². The Morgan fingerprint density at radius 3 is 2.40 bits per heavy atom. The van der Waals surface area contributed by atoms with Crippen molar-refractivity contribution in [1.82, 2.24) is 4.90 Å². The van der Waals surface area contributed by atoms with Gasteiger partial charge >= 0.3 is 0 Å². The molecule has 0 radical (unpaired) electrons. The van der Waals surface area contributed by atoms with E-state index >= 15 is 0 Å². The van der Waals surface area contributed by atoms with Gasteiger partial charge in [-0.2, -0.15) is 0 Å². The van der Waals surface area contributed by atoms with Crippen LogP contribution in [0.2, 0.25) is 0 Å². The first kappa shape index (κ1) is 13.1. The summed E-state index contributed by atoms with van der Waals surface area (Å²) in [6.45, 7) is 8.33. The normalized spacial score (nSPS) is 22.1. The molecule has 1 aliphatic rings.